The molecule has 0 amide bonds. The Morgan fingerprint density at radius 3 is 1.62 bits per heavy atom. The third kappa shape index (κ3) is 28.8. The van der Waals surface area contributed by atoms with Crippen LogP contribution in [0.15, 0.2) is 0 Å². The van der Waals surface area contributed by atoms with Crippen molar-refractivity contribution in [3.63, 3.8) is 0 Å². The number of carbonyl (C=O) groups excluding carboxylic acids is 1. The van der Waals surface area contributed by atoms with Crippen molar-refractivity contribution in [3.05, 3.63) is 0 Å². The quantitative estimate of drug-likeness (QED) is 0.0479. The summed E-state index contributed by atoms with van der Waals surface area (Å²) in [6.07, 6.45) is 24.2. The van der Waals surface area contributed by atoms with Gasteiger partial charge in [0.05, 0.1) is 19.8 Å². The highest BCUT2D eigenvalue weighted by atomic mass is 31.2. The monoisotopic (exact) mass is 579 g/mol. The Kier molecular flexibility index (Phi) is 28.6. The lowest BCUT2D eigenvalue weighted by molar-refractivity contribution is -0.154. The minimum Gasteiger partial charge on any atom is -0.457 e. The summed E-state index contributed by atoms with van der Waals surface area (Å²) in [5, 5.41) is 0. The second kappa shape index (κ2) is 29.0. The summed E-state index contributed by atoms with van der Waals surface area (Å²) in [7, 11) is -4.25. The van der Waals surface area contributed by atoms with Crippen molar-refractivity contribution in [2.24, 2.45) is 5.73 Å². The number of hydrogen-bond acceptors (Lipinski definition) is 7. The van der Waals surface area contributed by atoms with Crippen molar-refractivity contribution >= 4 is 13.8 Å². The number of rotatable bonds is 31. The second-order valence-electron chi connectivity index (χ2n) is 10.7. The number of carbonyl (C=O) groups is 1. The predicted octanol–water partition coefficient (Wildman–Crippen LogP) is 8.24. The van der Waals surface area contributed by atoms with Crippen molar-refractivity contribution in [3.8, 4) is 0 Å². The summed E-state index contributed by atoms with van der Waals surface area (Å²) in [6, 6.07) is 0. The second-order valence-corrected chi connectivity index (χ2v) is 12.1. The van der Waals surface area contributed by atoms with Crippen molar-refractivity contribution in [2.45, 2.75) is 155 Å². The Morgan fingerprint density at radius 2 is 1.13 bits per heavy atom. The Balaban J connectivity index is 4.03. The summed E-state index contributed by atoms with van der Waals surface area (Å²) >= 11 is 0. The highest BCUT2D eigenvalue weighted by Crippen LogP contribution is 2.43. The van der Waals surface area contributed by atoms with E-state index < -0.39 is 13.9 Å². The van der Waals surface area contributed by atoms with Gasteiger partial charge in [0.25, 0.3) is 0 Å². The molecular formula is C30H62NO7P. The van der Waals surface area contributed by atoms with Crippen LogP contribution in [-0.2, 0) is 27.9 Å². The molecule has 0 rings (SSSR count). The van der Waals surface area contributed by atoms with E-state index in [2.05, 4.69) is 13.8 Å². The van der Waals surface area contributed by atoms with Crippen molar-refractivity contribution in [1.29, 1.82) is 0 Å². The fourth-order valence-electron chi connectivity index (χ4n) is 4.41. The van der Waals surface area contributed by atoms with Gasteiger partial charge in [-0.1, -0.05) is 129 Å². The Morgan fingerprint density at radius 1 is 0.667 bits per heavy atom. The van der Waals surface area contributed by atoms with Gasteiger partial charge in [0.1, 0.15) is 6.10 Å². The first-order chi connectivity index (χ1) is 18.9. The van der Waals surface area contributed by atoms with Gasteiger partial charge in [-0.15, -0.1) is 0 Å². The fourth-order valence-corrected chi connectivity index (χ4v) is 5.17. The van der Waals surface area contributed by atoms with Gasteiger partial charge in [0.2, 0.25) is 0 Å². The van der Waals surface area contributed by atoms with Crippen LogP contribution in [0.4, 0.5) is 0 Å². The average Bonchev–Trinajstić information content (AvgIpc) is 2.92. The van der Waals surface area contributed by atoms with Crippen LogP contribution in [0.5, 0.6) is 0 Å². The van der Waals surface area contributed by atoms with Gasteiger partial charge >= 0.3 is 13.8 Å². The van der Waals surface area contributed by atoms with Crippen LogP contribution in [0.1, 0.15) is 149 Å². The van der Waals surface area contributed by atoms with Gasteiger partial charge in [-0.2, -0.15) is 0 Å². The third-order valence-corrected chi connectivity index (χ3v) is 7.76. The standard InChI is InChI=1S/C30H62NO7P/c1-3-5-7-9-11-12-13-14-15-16-17-18-20-22-25-35-27-29(28-37-39(33,34)36-26-24-31)38-30(32)23-21-19-10-8-6-4-2/h29H,3-28,31H2,1-2H3,(H,33,34). The Bertz CT molecular complexity index is 580. The van der Waals surface area contributed by atoms with Crippen LogP contribution < -0.4 is 5.73 Å². The minimum absolute atomic E-state index is 0.0914. The molecule has 2 atom stereocenters. The molecule has 2 unspecified atom stereocenters. The molecule has 0 radical (unpaired) electrons. The van der Waals surface area contributed by atoms with E-state index in [-0.39, 0.29) is 32.3 Å². The summed E-state index contributed by atoms with van der Waals surface area (Å²) in [5.41, 5.74) is 5.31. The fraction of sp³-hybridized carbons (Fsp3) is 0.967. The van der Waals surface area contributed by atoms with Crippen molar-refractivity contribution < 1.29 is 32.8 Å². The zero-order valence-electron chi connectivity index (χ0n) is 25.4. The van der Waals surface area contributed by atoms with E-state index in [1.54, 1.807) is 0 Å². The molecule has 0 spiro atoms. The first kappa shape index (κ1) is 38.5. The molecular weight excluding hydrogens is 517 g/mol. The predicted molar refractivity (Wildman–Crippen MR) is 160 cm³/mol. The molecule has 9 heteroatoms. The highest BCUT2D eigenvalue weighted by Gasteiger charge is 2.25. The number of esters is 1. The van der Waals surface area contributed by atoms with E-state index in [4.69, 9.17) is 24.3 Å². The van der Waals surface area contributed by atoms with E-state index in [0.29, 0.717) is 13.0 Å². The summed E-state index contributed by atoms with van der Waals surface area (Å²) < 4.78 is 33.0. The maximum atomic E-state index is 12.3. The number of phosphoric acid groups is 1. The van der Waals surface area contributed by atoms with Gasteiger partial charge in [-0.25, -0.2) is 4.57 Å². The maximum Gasteiger partial charge on any atom is 0.472 e. The van der Waals surface area contributed by atoms with Crippen LogP contribution in [0.2, 0.25) is 0 Å². The largest absolute Gasteiger partial charge is 0.472 e. The maximum absolute atomic E-state index is 12.3. The number of unbranched alkanes of at least 4 members (excludes halogenated alkanes) is 18. The molecule has 0 aromatic rings. The molecule has 0 aromatic heterocycles. The zero-order chi connectivity index (χ0) is 28.9. The number of ether oxygens (including phenoxy) is 2. The van der Waals surface area contributed by atoms with E-state index in [9.17, 15) is 14.3 Å². The third-order valence-electron chi connectivity index (χ3n) is 6.77. The van der Waals surface area contributed by atoms with Crippen molar-refractivity contribution in [1.82, 2.24) is 0 Å². The first-order valence-electron chi connectivity index (χ1n) is 16.0. The van der Waals surface area contributed by atoms with E-state index in [1.165, 1.54) is 96.3 Å². The first-order valence-corrected chi connectivity index (χ1v) is 17.5. The zero-order valence-corrected chi connectivity index (χ0v) is 26.3. The topological polar surface area (TPSA) is 117 Å². The molecule has 0 saturated carbocycles. The molecule has 39 heavy (non-hydrogen) atoms. The molecule has 0 heterocycles. The van der Waals surface area contributed by atoms with Crippen LogP contribution in [0, 0.1) is 0 Å². The summed E-state index contributed by atoms with van der Waals surface area (Å²) in [6.45, 7) is 4.87. The number of nitrogens with two attached hydrogens (primary N) is 1. The van der Waals surface area contributed by atoms with E-state index in [0.717, 1.165) is 32.1 Å². The van der Waals surface area contributed by atoms with Gasteiger partial charge < -0.3 is 20.1 Å². The van der Waals surface area contributed by atoms with Crippen LogP contribution in [-0.4, -0.2) is 49.9 Å². The molecule has 3 N–H and O–H groups in total. The highest BCUT2D eigenvalue weighted by molar-refractivity contribution is 7.47. The summed E-state index contributed by atoms with van der Waals surface area (Å²) in [5.74, 6) is -0.338. The molecule has 0 saturated heterocycles. The van der Waals surface area contributed by atoms with Gasteiger partial charge in [0, 0.05) is 19.6 Å². The molecule has 0 aliphatic rings. The lowest BCUT2D eigenvalue weighted by Crippen LogP contribution is -2.28. The summed E-state index contributed by atoms with van der Waals surface area (Å²) in [4.78, 5) is 22.1. The van der Waals surface area contributed by atoms with E-state index in [1.807, 2.05) is 0 Å². The van der Waals surface area contributed by atoms with Crippen molar-refractivity contribution in [2.75, 3.05) is 33.0 Å². The molecule has 234 valence electrons. The van der Waals surface area contributed by atoms with E-state index >= 15 is 0 Å². The number of phosphoric ester groups is 1. The Hall–Kier alpha value is -0.500. The lowest BCUT2D eigenvalue weighted by Gasteiger charge is -2.20. The molecule has 0 bridgehead atoms. The minimum atomic E-state index is -4.25. The van der Waals surface area contributed by atoms with Gasteiger partial charge in [-0.05, 0) is 12.8 Å². The molecule has 0 aromatic carbocycles. The smallest absolute Gasteiger partial charge is 0.457 e. The van der Waals surface area contributed by atoms with Gasteiger partial charge in [-0.3, -0.25) is 13.8 Å². The molecule has 0 fully saturated rings. The normalized spacial score (nSPS) is 13.8. The Labute approximate surface area is 240 Å². The van der Waals surface area contributed by atoms with Crippen LogP contribution >= 0.6 is 7.82 Å². The van der Waals surface area contributed by atoms with Crippen LogP contribution in [0.25, 0.3) is 0 Å². The molecule has 8 nitrogen and oxygen atoms in total. The van der Waals surface area contributed by atoms with Gasteiger partial charge in [0.15, 0.2) is 0 Å². The van der Waals surface area contributed by atoms with Crippen LogP contribution in [0.3, 0.4) is 0 Å². The number of hydrogen-bond donors (Lipinski definition) is 2. The average molecular weight is 580 g/mol. The lowest BCUT2D eigenvalue weighted by atomic mass is 10.0. The molecule has 0 aliphatic heterocycles. The SMILES string of the molecule is CCCCCCCCCCCCCCCCOCC(COP(=O)(O)OCCN)OC(=O)CCCCCCCC. The molecule has 0 aliphatic carbocycles.